The molecule has 3 aromatic rings. The maximum atomic E-state index is 13.1. The molecule has 17 heavy (non-hydrogen) atoms. The summed E-state index contributed by atoms with van der Waals surface area (Å²) in [5, 5.41) is 2.00. The zero-order valence-electron chi connectivity index (χ0n) is 9.23. The van der Waals surface area contributed by atoms with Gasteiger partial charge >= 0.3 is 0 Å². The van der Waals surface area contributed by atoms with E-state index in [0.29, 0.717) is 0 Å². The Morgan fingerprint density at radius 1 is 0.588 bits per heavy atom. The molecule has 0 unspecified atom stereocenters. The first-order valence-corrected chi connectivity index (χ1v) is 5.58. The summed E-state index contributed by atoms with van der Waals surface area (Å²) in [6.45, 7) is 0. The first kappa shape index (κ1) is 10.0. The second kappa shape index (κ2) is 4.02. The first-order chi connectivity index (χ1) is 8.33. The van der Waals surface area contributed by atoms with Crippen molar-refractivity contribution >= 4 is 10.8 Å². The van der Waals surface area contributed by atoms with E-state index in [-0.39, 0.29) is 5.82 Å². The van der Waals surface area contributed by atoms with E-state index in [9.17, 15) is 4.39 Å². The fourth-order valence-electron chi connectivity index (χ4n) is 2.03. The van der Waals surface area contributed by atoms with Crippen molar-refractivity contribution in [2.45, 2.75) is 0 Å². The second-order valence-electron chi connectivity index (χ2n) is 4.07. The molecule has 0 heterocycles. The maximum Gasteiger partial charge on any atom is 0.123 e. The van der Waals surface area contributed by atoms with Crippen LogP contribution in [0.1, 0.15) is 0 Å². The monoisotopic (exact) mass is 222 g/mol. The van der Waals surface area contributed by atoms with E-state index in [1.165, 1.54) is 11.6 Å². The fraction of sp³-hybridized carbons (Fsp3) is 0. The molecule has 0 bridgehead atoms. The number of hydrogen-bond acceptors (Lipinski definition) is 0. The largest absolute Gasteiger partial charge is 0.207 e. The van der Waals surface area contributed by atoms with Crippen LogP contribution in [-0.4, -0.2) is 0 Å². The van der Waals surface area contributed by atoms with Crippen LogP contribution in [0.5, 0.6) is 0 Å². The molecule has 1 heteroatoms. The van der Waals surface area contributed by atoms with Crippen LogP contribution in [0, 0.1) is 5.82 Å². The van der Waals surface area contributed by atoms with Gasteiger partial charge in [-0.15, -0.1) is 0 Å². The Morgan fingerprint density at radius 3 is 2.12 bits per heavy atom. The third-order valence-corrected chi connectivity index (χ3v) is 2.91. The van der Waals surface area contributed by atoms with Crippen LogP contribution < -0.4 is 0 Å². The second-order valence-corrected chi connectivity index (χ2v) is 4.07. The van der Waals surface area contributed by atoms with Crippen molar-refractivity contribution in [2.24, 2.45) is 0 Å². The average Bonchev–Trinajstić information content (AvgIpc) is 2.39. The Hall–Kier alpha value is -2.15. The molecule has 3 aromatic carbocycles. The lowest BCUT2D eigenvalue weighted by molar-refractivity contribution is 0.630. The molecule has 0 aliphatic heterocycles. The average molecular weight is 222 g/mol. The van der Waals surface area contributed by atoms with Gasteiger partial charge in [-0.05, 0) is 40.1 Å². The van der Waals surface area contributed by atoms with Crippen LogP contribution in [0.4, 0.5) is 4.39 Å². The molecule has 0 fully saturated rings. The number of benzene rings is 3. The summed E-state index contributed by atoms with van der Waals surface area (Å²) in [5.41, 5.74) is 2.34. The molecule has 0 radical (unpaired) electrons. The van der Waals surface area contributed by atoms with Gasteiger partial charge in [0.25, 0.3) is 0 Å². The minimum atomic E-state index is -0.190. The lowest BCUT2D eigenvalue weighted by atomic mass is 10.0. The predicted octanol–water partition coefficient (Wildman–Crippen LogP) is 4.65. The van der Waals surface area contributed by atoms with E-state index in [1.54, 1.807) is 6.07 Å². The van der Waals surface area contributed by atoms with Crippen molar-refractivity contribution in [2.75, 3.05) is 0 Å². The van der Waals surface area contributed by atoms with E-state index >= 15 is 0 Å². The minimum absolute atomic E-state index is 0.190. The topological polar surface area (TPSA) is 0 Å². The Bertz CT molecular complexity index is 657. The molecule has 3 rings (SSSR count). The van der Waals surface area contributed by atoms with Gasteiger partial charge in [-0.2, -0.15) is 0 Å². The Balaban J connectivity index is 2.17. The molecule has 82 valence electrons. The summed E-state index contributed by atoms with van der Waals surface area (Å²) < 4.78 is 13.1. The van der Waals surface area contributed by atoms with E-state index in [1.807, 2.05) is 36.4 Å². The minimum Gasteiger partial charge on any atom is -0.207 e. The number of halogens is 1. The number of hydrogen-bond donors (Lipinski definition) is 0. The van der Waals surface area contributed by atoms with Crippen LogP contribution in [0.2, 0.25) is 0 Å². The van der Waals surface area contributed by atoms with Crippen LogP contribution >= 0.6 is 0 Å². The molecule has 0 nitrogen and oxygen atoms in total. The maximum absolute atomic E-state index is 13.1. The highest BCUT2D eigenvalue weighted by Gasteiger charge is 2.00. The molecular weight excluding hydrogens is 211 g/mol. The fourth-order valence-corrected chi connectivity index (χ4v) is 2.03. The molecule has 0 N–H and O–H groups in total. The summed E-state index contributed by atoms with van der Waals surface area (Å²) in [5.74, 6) is -0.190. The lowest BCUT2D eigenvalue weighted by Crippen LogP contribution is -1.80. The highest BCUT2D eigenvalue weighted by atomic mass is 19.1. The van der Waals surface area contributed by atoms with E-state index < -0.39 is 0 Å². The van der Waals surface area contributed by atoms with Gasteiger partial charge in [0.05, 0.1) is 0 Å². The van der Waals surface area contributed by atoms with Crippen molar-refractivity contribution in [3.05, 3.63) is 72.5 Å². The Morgan fingerprint density at radius 2 is 1.29 bits per heavy atom. The normalized spacial score (nSPS) is 10.6. The van der Waals surface area contributed by atoms with Crippen LogP contribution in [0.3, 0.4) is 0 Å². The van der Waals surface area contributed by atoms with Gasteiger partial charge in [0.2, 0.25) is 0 Å². The third kappa shape index (κ3) is 1.92. The highest BCUT2D eigenvalue weighted by Crippen LogP contribution is 2.24. The zero-order chi connectivity index (χ0) is 11.7. The van der Waals surface area contributed by atoms with Crippen molar-refractivity contribution in [3.8, 4) is 11.1 Å². The summed E-state index contributed by atoms with van der Waals surface area (Å²) in [7, 11) is 0. The van der Waals surface area contributed by atoms with Gasteiger partial charge in [-0.25, -0.2) is 4.39 Å². The summed E-state index contributed by atoms with van der Waals surface area (Å²) in [4.78, 5) is 0. The first-order valence-electron chi connectivity index (χ1n) is 5.58. The molecule has 0 aliphatic carbocycles. The van der Waals surface area contributed by atoms with Gasteiger partial charge in [-0.1, -0.05) is 48.5 Å². The van der Waals surface area contributed by atoms with Gasteiger partial charge in [0.15, 0.2) is 0 Å². The van der Waals surface area contributed by atoms with E-state index in [2.05, 4.69) is 18.2 Å². The zero-order valence-corrected chi connectivity index (χ0v) is 9.23. The number of rotatable bonds is 1. The van der Waals surface area contributed by atoms with Gasteiger partial charge in [-0.3, -0.25) is 0 Å². The van der Waals surface area contributed by atoms with Gasteiger partial charge in [0, 0.05) is 0 Å². The van der Waals surface area contributed by atoms with Crippen LogP contribution in [-0.2, 0) is 0 Å². The number of fused-ring (bicyclic) bond motifs is 1. The Labute approximate surface area is 99.3 Å². The van der Waals surface area contributed by atoms with Gasteiger partial charge < -0.3 is 0 Å². The molecule has 0 atom stereocenters. The lowest BCUT2D eigenvalue weighted by Gasteiger charge is -2.04. The summed E-state index contributed by atoms with van der Waals surface area (Å²) >= 11 is 0. The molecule has 0 aromatic heterocycles. The molecule has 0 saturated heterocycles. The third-order valence-electron chi connectivity index (χ3n) is 2.91. The standard InChI is InChI=1S/C16H11F/c17-16-9-8-14-10-13(6-7-15(14)11-16)12-4-2-1-3-5-12/h1-11H. The van der Waals surface area contributed by atoms with Crippen LogP contribution in [0.15, 0.2) is 66.7 Å². The van der Waals surface area contributed by atoms with Crippen LogP contribution in [0.25, 0.3) is 21.9 Å². The molecular formula is C16H11F. The Kier molecular flexibility index (Phi) is 2.37. The predicted molar refractivity (Wildman–Crippen MR) is 69.3 cm³/mol. The highest BCUT2D eigenvalue weighted by molar-refractivity contribution is 5.87. The van der Waals surface area contributed by atoms with Crippen molar-refractivity contribution < 1.29 is 4.39 Å². The molecule has 0 saturated carbocycles. The summed E-state index contributed by atoms with van der Waals surface area (Å²) in [6, 6.07) is 21.1. The quantitative estimate of drug-likeness (QED) is 0.562. The van der Waals surface area contributed by atoms with E-state index in [0.717, 1.165) is 16.3 Å². The molecule has 0 amide bonds. The van der Waals surface area contributed by atoms with Crippen molar-refractivity contribution in [3.63, 3.8) is 0 Å². The SMILES string of the molecule is Fc1ccc2cc(-c3ccccc3)ccc2c1. The summed E-state index contributed by atoms with van der Waals surface area (Å²) in [6.07, 6.45) is 0. The van der Waals surface area contributed by atoms with E-state index in [4.69, 9.17) is 0 Å². The smallest absolute Gasteiger partial charge is 0.123 e. The van der Waals surface area contributed by atoms with Crippen molar-refractivity contribution in [1.29, 1.82) is 0 Å². The van der Waals surface area contributed by atoms with Gasteiger partial charge in [0.1, 0.15) is 5.82 Å². The molecule has 0 aliphatic rings. The molecule has 0 spiro atoms. The van der Waals surface area contributed by atoms with Crippen molar-refractivity contribution in [1.82, 2.24) is 0 Å².